The number of rotatable bonds is 2. The lowest BCUT2D eigenvalue weighted by Crippen LogP contribution is -1.98. The molecule has 0 atom stereocenters. The molecule has 0 unspecified atom stereocenters. The molecule has 2 rings (SSSR count). The van der Waals surface area contributed by atoms with Crippen molar-refractivity contribution in [2.24, 2.45) is 0 Å². The Morgan fingerprint density at radius 3 is 2.65 bits per heavy atom. The van der Waals surface area contributed by atoms with Crippen molar-refractivity contribution in [3.63, 3.8) is 0 Å². The third-order valence-electron chi connectivity index (χ3n) is 2.14. The first kappa shape index (κ1) is 12.5. The van der Waals surface area contributed by atoms with Crippen molar-refractivity contribution in [3.05, 3.63) is 32.6 Å². The summed E-state index contributed by atoms with van der Waals surface area (Å²) in [5, 5.41) is 0.442. The highest BCUT2D eigenvalue weighted by Crippen LogP contribution is 2.23. The van der Waals surface area contributed by atoms with Gasteiger partial charge in [0, 0.05) is 6.07 Å². The van der Waals surface area contributed by atoms with Crippen molar-refractivity contribution in [2.45, 2.75) is 6.92 Å². The van der Waals surface area contributed by atoms with Gasteiger partial charge in [-0.1, -0.05) is 17.7 Å². The van der Waals surface area contributed by atoms with E-state index in [0.717, 1.165) is 9.26 Å². The van der Waals surface area contributed by atoms with E-state index in [1.54, 1.807) is 13.2 Å². The molecule has 2 heterocycles. The fourth-order valence-corrected chi connectivity index (χ4v) is 1.75. The number of pyridine rings is 1. The van der Waals surface area contributed by atoms with Gasteiger partial charge in [-0.2, -0.15) is 0 Å². The lowest BCUT2D eigenvalue weighted by atomic mass is 10.3. The maximum absolute atomic E-state index is 6.03. The Bertz CT molecular complexity index is 539. The minimum absolute atomic E-state index is 0.442. The van der Waals surface area contributed by atoms with E-state index in [1.165, 1.54) is 0 Å². The largest absolute Gasteiger partial charge is 0.481 e. The Hall–Kier alpha value is -0.950. The number of aryl methyl sites for hydroxylation is 1. The third-order valence-corrected chi connectivity index (χ3v) is 4.02. The van der Waals surface area contributed by atoms with E-state index in [-0.39, 0.29) is 0 Å². The van der Waals surface area contributed by atoms with Crippen LogP contribution in [0.15, 0.2) is 18.2 Å². The van der Waals surface area contributed by atoms with Gasteiger partial charge in [-0.25, -0.2) is 15.0 Å². The first-order chi connectivity index (χ1) is 8.11. The summed E-state index contributed by atoms with van der Waals surface area (Å²) >= 11 is 8.14. The smallest absolute Gasteiger partial charge is 0.213 e. The van der Waals surface area contributed by atoms with Gasteiger partial charge in [-0.05, 0) is 35.6 Å². The van der Waals surface area contributed by atoms with Crippen LogP contribution in [0.3, 0.4) is 0 Å². The molecular formula is C11H9ClIN3O. The summed E-state index contributed by atoms with van der Waals surface area (Å²) in [6.45, 7) is 1.89. The van der Waals surface area contributed by atoms with Crippen LogP contribution in [0.4, 0.5) is 0 Å². The average molecular weight is 362 g/mol. The van der Waals surface area contributed by atoms with Gasteiger partial charge in [0.2, 0.25) is 5.88 Å². The Morgan fingerprint density at radius 2 is 2.00 bits per heavy atom. The SMILES string of the molecule is COc1cccc(-c2nc(C)c(I)c(Cl)n2)n1. The number of halogens is 2. The standard InChI is InChI=1S/C11H9ClIN3O/c1-6-9(13)10(12)16-11(14-6)7-4-3-5-8(15-7)17-2/h3-5H,1-2H3. The monoisotopic (exact) mass is 361 g/mol. The lowest BCUT2D eigenvalue weighted by molar-refractivity contribution is 0.398. The van der Waals surface area contributed by atoms with Crippen LogP contribution >= 0.6 is 34.2 Å². The minimum atomic E-state index is 0.442. The number of methoxy groups -OCH3 is 1. The van der Waals surface area contributed by atoms with Gasteiger partial charge < -0.3 is 4.74 Å². The number of hydrogen-bond acceptors (Lipinski definition) is 4. The summed E-state index contributed by atoms with van der Waals surface area (Å²) in [4.78, 5) is 12.8. The van der Waals surface area contributed by atoms with Crippen molar-refractivity contribution in [3.8, 4) is 17.4 Å². The maximum Gasteiger partial charge on any atom is 0.213 e. The van der Waals surface area contributed by atoms with Gasteiger partial charge in [-0.15, -0.1) is 0 Å². The van der Waals surface area contributed by atoms with Gasteiger partial charge in [0.15, 0.2) is 5.82 Å². The van der Waals surface area contributed by atoms with Crippen LogP contribution in [0, 0.1) is 10.5 Å². The molecule has 0 spiro atoms. The Labute approximate surface area is 118 Å². The second-order valence-corrected chi connectivity index (χ2v) is 4.74. The number of aromatic nitrogens is 3. The Morgan fingerprint density at radius 1 is 1.24 bits per heavy atom. The highest BCUT2D eigenvalue weighted by atomic mass is 127. The third kappa shape index (κ3) is 2.66. The van der Waals surface area contributed by atoms with E-state index >= 15 is 0 Å². The van der Waals surface area contributed by atoms with Crippen LogP contribution in [0.5, 0.6) is 5.88 Å². The zero-order valence-corrected chi connectivity index (χ0v) is 12.2. The predicted octanol–water partition coefficient (Wildman–Crippen LogP) is 3.11. The van der Waals surface area contributed by atoms with Crippen LogP contribution in [0.25, 0.3) is 11.5 Å². The van der Waals surface area contributed by atoms with Gasteiger partial charge in [-0.3, -0.25) is 0 Å². The molecule has 2 aromatic rings. The van der Waals surface area contributed by atoms with Crippen LogP contribution in [-0.4, -0.2) is 22.1 Å². The molecule has 0 radical (unpaired) electrons. The van der Waals surface area contributed by atoms with Crippen molar-refractivity contribution in [2.75, 3.05) is 7.11 Å². The molecule has 0 aliphatic heterocycles. The second-order valence-electron chi connectivity index (χ2n) is 3.30. The first-order valence-corrected chi connectivity index (χ1v) is 6.28. The summed E-state index contributed by atoms with van der Waals surface area (Å²) in [5.74, 6) is 1.03. The van der Waals surface area contributed by atoms with Crippen molar-refractivity contribution >= 4 is 34.2 Å². The van der Waals surface area contributed by atoms with Crippen LogP contribution in [0.2, 0.25) is 5.15 Å². The first-order valence-electron chi connectivity index (χ1n) is 4.83. The molecule has 88 valence electrons. The van der Waals surface area contributed by atoms with Crippen LogP contribution in [-0.2, 0) is 0 Å². The fourth-order valence-electron chi connectivity index (χ4n) is 1.29. The highest BCUT2D eigenvalue weighted by Gasteiger charge is 2.10. The minimum Gasteiger partial charge on any atom is -0.481 e. The van der Waals surface area contributed by atoms with Gasteiger partial charge in [0.1, 0.15) is 10.8 Å². The van der Waals surface area contributed by atoms with Crippen molar-refractivity contribution < 1.29 is 4.74 Å². The Kier molecular flexibility index (Phi) is 3.78. The summed E-state index contributed by atoms with van der Waals surface area (Å²) in [6.07, 6.45) is 0. The maximum atomic E-state index is 6.03. The van der Waals surface area contributed by atoms with Crippen LogP contribution < -0.4 is 4.74 Å². The predicted molar refractivity (Wildman–Crippen MR) is 74.3 cm³/mol. The van der Waals surface area contributed by atoms with E-state index in [0.29, 0.717) is 22.6 Å². The number of nitrogens with zero attached hydrogens (tertiary/aromatic N) is 3. The fraction of sp³-hybridized carbons (Fsp3) is 0.182. The molecule has 0 aliphatic rings. The molecular weight excluding hydrogens is 352 g/mol. The zero-order chi connectivity index (χ0) is 12.4. The number of hydrogen-bond donors (Lipinski definition) is 0. The lowest BCUT2D eigenvalue weighted by Gasteiger charge is -2.05. The van der Waals surface area contributed by atoms with Gasteiger partial charge >= 0.3 is 0 Å². The molecule has 2 aromatic heterocycles. The molecule has 17 heavy (non-hydrogen) atoms. The summed E-state index contributed by atoms with van der Waals surface area (Å²) in [7, 11) is 1.57. The number of ether oxygens (including phenoxy) is 1. The van der Waals surface area contributed by atoms with Crippen LogP contribution in [0.1, 0.15) is 5.69 Å². The van der Waals surface area contributed by atoms with E-state index < -0.39 is 0 Å². The molecule has 0 fully saturated rings. The van der Waals surface area contributed by atoms with E-state index in [4.69, 9.17) is 16.3 Å². The molecule has 0 saturated carbocycles. The van der Waals surface area contributed by atoms with Crippen molar-refractivity contribution in [1.29, 1.82) is 0 Å². The Balaban J connectivity index is 2.52. The van der Waals surface area contributed by atoms with Crippen molar-refractivity contribution in [1.82, 2.24) is 15.0 Å². The van der Waals surface area contributed by atoms with Gasteiger partial charge in [0.25, 0.3) is 0 Å². The molecule has 0 bridgehead atoms. The summed E-state index contributed by atoms with van der Waals surface area (Å²) in [6, 6.07) is 5.43. The van der Waals surface area contributed by atoms with Gasteiger partial charge in [0.05, 0.1) is 16.4 Å². The summed E-state index contributed by atoms with van der Waals surface area (Å²) in [5.41, 5.74) is 1.48. The molecule has 0 aliphatic carbocycles. The highest BCUT2D eigenvalue weighted by molar-refractivity contribution is 14.1. The average Bonchev–Trinajstić information content (AvgIpc) is 2.35. The molecule has 4 nitrogen and oxygen atoms in total. The quantitative estimate of drug-likeness (QED) is 0.609. The normalized spacial score (nSPS) is 10.4. The molecule has 0 aromatic carbocycles. The zero-order valence-electron chi connectivity index (χ0n) is 9.24. The van der Waals surface area contributed by atoms with E-state index in [1.807, 2.05) is 19.1 Å². The van der Waals surface area contributed by atoms with E-state index in [9.17, 15) is 0 Å². The molecule has 6 heteroatoms. The molecule has 0 N–H and O–H groups in total. The topological polar surface area (TPSA) is 47.9 Å². The van der Waals surface area contributed by atoms with E-state index in [2.05, 4.69) is 37.5 Å². The molecule has 0 amide bonds. The summed E-state index contributed by atoms with van der Waals surface area (Å²) < 4.78 is 5.92. The molecule has 0 saturated heterocycles. The second kappa shape index (κ2) is 5.14.